The summed E-state index contributed by atoms with van der Waals surface area (Å²) in [4.78, 5) is 0. The van der Waals surface area contributed by atoms with Crippen molar-refractivity contribution in [3.05, 3.63) is 0 Å². The summed E-state index contributed by atoms with van der Waals surface area (Å²) in [5.41, 5.74) is 0.214. The van der Waals surface area contributed by atoms with E-state index in [0.29, 0.717) is 0 Å². The Morgan fingerprint density at radius 1 is 1.25 bits per heavy atom. The van der Waals surface area contributed by atoms with Gasteiger partial charge < -0.3 is 0 Å². The van der Waals surface area contributed by atoms with Gasteiger partial charge in [0, 0.05) is 5.41 Å². The molecule has 0 atom stereocenters. The third-order valence-electron chi connectivity index (χ3n) is 0.996. The van der Waals surface area contributed by atoms with Crippen molar-refractivity contribution in [2.24, 2.45) is 5.41 Å². The number of hydrogen-bond donors (Lipinski definition) is 0. The van der Waals surface area contributed by atoms with E-state index in [0.717, 1.165) is 25.5 Å². The van der Waals surface area contributed by atoms with E-state index in [1.165, 1.54) is 0 Å². The summed E-state index contributed by atoms with van der Waals surface area (Å²) in [6.45, 7) is 5.81. The molecule has 0 aromatic carbocycles. The predicted octanol–water partition coefficient (Wildman–Crippen LogP) is 1.62. The Morgan fingerprint density at radius 2 is 1.75 bits per heavy atom. The summed E-state index contributed by atoms with van der Waals surface area (Å²) < 4.78 is 9.96. The average Bonchev–Trinajstić information content (AvgIpc) is 1.65. The van der Waals surface area contributed by atoms with E-state index in [-0.39, 0.29) is 5.41 Å². The summed E-state index contributed by atoms with van der Waals surface area (Å²) in [5.74, 6) is 0. The quantitative estimate of drug-likeness (QED) is 0.469. The van der Waals surface area contributed by atoms with Crippen molar-refractivity contribution in [1.82, 2.24) is 0 Å². The van der Waals surface area contributed by atoms with Gasteiger partial charge in [0.1, 0.15) is 0 Å². The molecule has 0 bridgehead atoms. The van der Waals surface area contributed by atoms with Gasteiger partial charge in [-0.15, -0.1) is 0 Å². The third-order valence-corrected chi connectivity index (χ3v) is 1.42. The highest BCUT2D eigenvalue weighted by Crippen LogP contribution is 2.26. The molecule has 1 rings (SSSR count). The normalized spacial score (nSPS) is 27.8. The van der Waals surface area contributed by atoms with E-state index in [2.05, 4.69) is 13.8 Å². The number of rotatable bonds is 0. The Bertz CT molecular complexity index is 74.5. The molecular weight excluding hydrogens is 124 g/mol. The van der Waals surface area contributed by atoms with Crippen LogP contribution < -0.4 is 0 Å². The van der Waals surface area contributed by atoms with E-state index in [1.54, 1.807) is 0 Å². The smallest absolute Gasteiger partial charge is 0.158 e. The molecule has 0 aromatic heterocycles. The van der Waals surface area contributed by atoms with E-state index in [4.69, 9.17) is 8.37 Å². The van der Waals surface area contributed by atoms with Crippen molar-refractivity contribution in [3.8, 4) is 0 Å². The van der Waals surface area contributed by atoms with Gasteiger partial charge in [0.25, 0.3) is 0 Å². The molecule has 0 aliphatic carbocycles. The lowest BCUT2D eigenvalue weighted by Gasteiger charge is -2.26. The van der Waals surface area contributed by atoms with Crippen molar-refractivity contribution in [2.75, 3.05) is 13.2 Å². The van der Waals surface area contributed by atoms with Crippen molar-refractivity contribution in [1.29, 1.82) is 0 Å². The van der Waals surface area contributed by atoms with Gasteiger partial charge in [-0.25, -0.2) is 0 Å². The zero-order chi connectivity index (χ0) is 6.04. The lowest BCUT2D eigenvalue weighted by atomic mass is 9.97. The van der Waals surface area contributed by atoms with Crippen molar-refractivity contribution in [3.63, 3.8) is 0 Å². The summed E-state index contributed by atoms with van der Waals surface area (Å²) in [7, 11) is 0. The average molecular weight is 134 g/mol. The fourth-order valence-corrected chi connectivity index (χ4v) is 1.25. The zero-order valence-corrected chi connectivity index (χ0v) is 5.96. The highest BCUT2D eigenvalue weighted by atomic mass is 32.2. The largest absolute Gasteiger partial charge is 0.291 e. The maximum absolute atomic E-state index is 4.98. The van der Waals surface area contributed by atoms with Crippen LogP contribution in [0.3, 0.4) is 0 Å². The molecule has 1 aliphatic heterocycles. The van der Waals surface area contributed by atoms with Gasteiger partial charge in [0.15, 0.2) is 12.3 Å². The van der Waals surface area contributed by atoms with Crippen LogP contribution in [0.5, 0.6) is 0 Å². The maximum Gasteiger partial charge on any atom is 0.158 e. The second-order valence-corrected chi connectivity index (χ2v) is 3.36. The van der Waals surface area contributed by atoms with E-state index < -0.39 is 0 Å². The van der Waals surface area contributed by atoms with Crippen LogP contribution in [0.25, 0.3) is 0 Å². The van der Waals surface area contributed by atoms with Gasteiger partial charge >= 0.3 is 0 Å². The van der Waals surface area contributed by atoms with Crippen molar-refractivity contribution < 1.29 is 8.37 Å². The van der Waals surface area contributed by atoms with Crippen molar-refractivity contribution in [2.45, 2.75) is 13.8 Å². The number of hydrogen-bond acceptors (Lipinski definition) is 3. The van der Waals surface area contributed by atoms with Gasteiger partial charge in [-0.2, -0.15) is 0 Å². The molecular formula is C5H10O2S. The van der Waals surface area contributed by atoms with Gasteiger partial charge in [-0.3, -0.25) is 8.37 Å². The van der Waals surface area contributed by atoms with E-state index >= 15 is 0 Å². The summed E-state index contributed by atoms with van der Waals surface area (Å²) in [6.07, 6.45) is 0. The zero-order valence-electron chi connectivity index (χ0n) is 5.14. The van der Waals surface area contributed by atoms with E-state index in [9.17, 15) is 0 Å². The Balaban J connectivity index is 2.33. The molecule has 0 radical (unpaired) electrons. The second-order valence-electron chi connectivity index (χ2n) is 2.76. The first kappa shape index (κ1) is 6.39. The van der Waals surface area contributed by atoms with Crippen LogP contribution >= 0.6 is 12.3 Å². The first-order chi connectivity index (χ1) is 3.71. The van der Waals surface area contributed by atoms with Gasteiger partial charge in [-0.05, 0) is 0 Å². The minimum absolute atomic E-state index is 0.214. The summed E-state index contributed by atoms with van der Waals surface area (Å²) >= 11 is 1.10. The van der Waals surface area contributed by atoms with Crippen LogP contribution in [-0.4, -0.2) is 13.2 Å². The van der Waals surface area contributed by atoms with E-state index in [1.807, 2.05) is 0 Å². The lowest BCUT2D eigenvalue weighted by Crippen LogP contribution is -2.26. The van der Waals surface area contributed by atoms with Crippen LogP contribution in [0.2, 0.25) is 0 Å². The molecule has 2 nitrogen and oxygen atoms in total. The molecule has 1 saturated heterocycles. The minimum atomic E-state index is 0.214. The molecule has 0 unspecified atom stereocenters. The third kappa shape index (κ3) is 1.65. The van der Waals surface area contributed by atoms with Gasteiger partial charge in [0.2, 0.25) is 0 Å². The predicted molar refractivity (Wildman–Crippen MR) is 33.3 cm³/mol. The topological polar surface area (TPSA) is 18.5 Å². The molecule has 0 spiro atoms. The molecule has 0 N–H and O–H groups in total. The first-order valence-electron chi connectivity index (χ1n) is 2.62. The molecule has 1 aliphatic rings. The fourth-order valence-electron chi connectivity index (χ4n) is 0.443. The minimum Gasteiger partial charge on any atom is -0.291 e. The van der Waals surface area contributed by atoms with Crippen molar-refractivity contribution >= 4 is 12.3 Å². The Hall–Kier alpha value is 0.270. The Kier molecular flexibility index (Phi) is 1.80. The van der Waals surface area contributed by atoms with Gasteiger partial charge in [-0.1, -0.05) is 13.8 Å². The molecule has 8 heavy (non-hydrogen) atoms. The fraction of sp³-hybridized carbons (Fsp3) is 1.00. The summed E-state index contributed by atoms with van der Waals surface area (Å²) in [6, 6.07) is 0. The Morgan fingerprint density at radius 3 is 2.00 bits per heavy atom. The molecule has 1 fully saturated rings. The Labute approximate surface area is 54.0 Å². The molecule has 1 heterocycles. The van der Waals surface area contributed by atoms with Crippen LogP contribution in [0.1, 0.15) is 13.8 Å². The molecule has 48 valence electrons. The molecule has 3 heteroatoms. The molecule has 0 saturated carbocycles. The SMILES string of the molecule is CC1(C)COSOC1. The molecule has 0 amide bonds. The monoisotopic (exact) mass is 134 g/mol. The van der Waals surface area contributed by atoms with Crippen LogP contribution in [-0.2, 0) is 8.37 Å². The van der Waals surface area contributed by atoms with Crippen LogP contribution in [0.15, 0.2) is 0 Å². The first-order valence-corrected chi connectivity index (χ1v) is 3.28. The summed E-state index contributed by atoms with van der Waals surface area (Å²) in [5, 5.41) is 0. The maximum atomic E-state index is 4.98. The molecule has 0 aromatic rings. The van der Waals surface area contributed by atoms with Gasteiger partial charge in [0.05, 0.1) is 13.2 Å². The lowest BCUT2D eigenvalue weighted by molar-refractivity contribution is 0.0834. The highest BCUT2D eigenvalue weighted by molar-refractivity contribution is 7.89. The standard InChI is InChI=1S/C5H10O2S/c1-5(2)3-6-8-7-4-5/h3-4H2,1-2H3. The van der Waals surface area contributed by atoms with Crippen LogP contribution in [0.4, 0.5) is 0 Å². The highest BCUT2D eigenvalue weighted by Gasteiger charge is 2.23. The second kappa shape index (κ2) is 2.25. The van der Waals surface area contributed by atoms with Crippen LogP contribution in [0, 0.1) is 5.41 Å².